The highest BCUT2D eigenvalue weighted by atomic mass is 35.5. The summed E-state index contributed by atoms with van der Waals surface area (Å²) in [5.41, 5.74) is 0.330. The molecular formula is C14H17ClO4. The quantitative estimate of drug-likeness (QED) is 0.474. The summed E-state index contributed by atoms with van der Waals surface area (Å²) in [5.74, 6) is -1.53. The molecular weight excluding hydrogens is 268 g/mol. The predicted molar refractivity (Wildman–Crippen MR) is 72.7 cm³/mol. The molecule has 0 N–H and O–H groups in total. The maximum absolute atomic E-state index is 12.5. The topological polar surface area (TPSA) is 52.6 Å². The smallest absolute Gasteiger partial charge is 0.316 e. The molecule has 0 bridgehead atoms. The Kier molecular flexibility index (Phi) is 5.36. The number of esters is 1. The molecule has 0 spiro atoms. The van der Waals surface area contributed by atoms with Crippen molar-refractivity contribution in [1.29, 1.82) is 0 Å². The summed E-state index contributed by atoms with van der Waals surface area (Å²) in [5, 5.41) is 0.465. The minimum absolute atomic E-state index is 0.166. The van der Waals surface area contributed by atoms with Crippen LogP contribution >= 0.6 is 11.6 Å². The molecule has 104 valence electrons. The van der Waals surface area contributed by atoms with Crippen molar-refractivity contribution in [1.82, 2.24) is 0 Å². The lowest BCUT2D eigenvalue weighted by molar-refractivity contribution is -0.144. The number of ketones is 1. The fourth-order valence-electron chi connectivity index (χ4n) is 1.85. The molecule has 1 aromatic carbocycles. The molecule has 0 amide bonds. The van der Waals surface area contributed by atoms with Crippen LogP contribution in [0.2, 0.25) is 5.02 Å². The number of hydrogen-bond acceptors (Lipinski definition) is 4. The molecule has 1 atom stereocenters. The second-order valence-electron chi connectivity index (χ2n) is 4.45. The number of carbonyl (C=O) groups is 2. The number of ether oxygens (including phenoxy) is 2. The number of methoxy groups -OCH3 is 2. The Hall–Kier alpha value is -1.55. The van der Waals surface area contributed by atoms with Gasteiger partial charge in [0.1, 0.15) is 11.7 Å². The summed E-state index contributed by atoms with van der Waals surface area (Å²) >= 11 is 5.85. The molecule has 1 unspecified atom stereocenters. The lowest BCUT2D eigenvalue weighted by Gasteiger charge is -2.18. The summed E-state index contributed by atoms with van der Waals surface area (Å²) in [6.07, 6.45) is 0. The lowest BCUT2D eigenvalue weighted by atomic mass is 9.87. The van der Waals surface area contributed by atoms with Crippen molar-refractivity contribution in [2.45, 2.75) is 13.8 Å². The first-order chi connectivity index (χ1) is 8.92. The van der Waals surface area contributed by atoms with E-state index in [-0.39, 0.29) is 11.7 Å². The van der Waals surface area contributed by atoms with Crippen molar-refractivity contribution in [3.05, 3.63) is 28.8 Å². The predicted octanol–water partition coefficient (Wildman–Crippen LogP) is 2.98. The first kappa shape index (κ1) is 15.5. The van der Waals surface area contributed by atoms with Crippen molar-refractivity contribution >= 4 is 23.4 Å². The number of Topliss-reactive ketones (excluding diaryl/α,β-unsaturated/α-hetero) is 1. The van der Waals surface area contributed by atoms with E-state index in [4.69, 9.17) is 16.3 Å². The first-order valence-electron chi connectivity index (χ1n) is 5.88. The van der Waals surface area contributed by atoms with Gasteiger partial charge in [0, 0.05) is 5.02 Å². The summed E-state index contributed by atoms with van der Waals surface area (Å²) < 4.78 is 9.82. The molecule has 5 heteroatoms. The Balaban J connectivity index is 3.20. The second kappa shape index (κ2) is 6.57. The van der Waals surface area contributed by atoms with E-state index in [2.05, 4.69) is 4.74 Å². The van der Waals surface area contributed by atoms with Gasteiger partial charge in [0.15, 0.2) is 5.78 Å². The normalized spacial score (nSPS) is 12.1. The third-order valence-electron chi connectivity index (χ3n) is 2.83. The molecule has 0 heterocycles. The van der Waals surface area contributed by atoms with Crippen LogP contribution in [0.5, 0.6) is 5.75 Å². The minimum Gasteiger partial charge on any atom is -0.496 e. The van der Waals surface area contributed by atoms with Gasteiger partial charge in [-0.25, -0.2) is 0 Å². The van der Waals surface area contributed by atoms with Crippen molar-refractivity contribution in [2.75, 3.05) is 14.2 Å². The molecule has 0 aliphatic rings. The van der Waals surface area contributed by atoms with Crippen LogP contribution in [0.15, 0.2) is 18.2 Å². The molecule has 0 saturated heterocycles. The van der Waals surface area contributed by atoms with E-state index in [0.29, 0.717) is 16.3 Å². The number of rotatable bonds is 5. The second-order valence-corrected chi connectivity index (χ2v) is 4.89. The van der Waals surface area contributed by atoms with Gasteiger partial charge in [0.25, 0.3) is 0 Å². The monoisotopic (exact) mass is 284 g/mol. The van der Waals surface area contributed by atoms with Crippen LogP contribution in [-0.4, -0.2) is 26.0 Å². The lowest BCUT2D eigenvalue weighted by Crippen LogP contribution is -2.30. The number of carbonyl (C=O) groups excluding carboxylic acids is 2. The summed E-state index contributed by atoms with van der Waals surface area (Å²) in [7, 11) is 2.72. The molecule has 4 nitrogen and oxygen atoms in total. The first-order valence-corrected chi connectivity index (χ1v) is 6.25. The number of hydrogen-bond donors (Lipinski definition) is 0. The summed E-state index contributed by atoms with van der Waals surface area (Å²) in [4.78, 5) is 24.2. The Labute approximate surface area is 117 Å². The standard InChI is InChI=1S/C14H17ClO4/c1-8(2)12(14(17)19-4)13(16)10-6-5-9(15)7-11(10)18-3/h5-8,12H,1-4H3. The fraction of sp³-hybridized carbons (Fsp3) is 0.429. The van der Waals surface area contributed by atoms with Crippen LogP contribution in [0.1, 0.15) is 24.2 Å². The van der Waals surface area contributed by atoms with E-state index in [1.807, 2.05) is 0 Å². The zero-order chi connectivity index (χ0) is 14.6. The maximum Gasteiger partial charge on any atom is 0.316 e. The van der Waals surface area contributed by atoms with Gasteiger partial charge in [-0.15, -0.1) is 0 Å². The molecule has 0 fully saturated rings. The average molecular weight is 285 g/mol. The number of benzene rings is 1. The van der Waals surface area contributed by atoms with E-state index in [1.165, 1.54) is 14.2 Å². The van der Waals surface area contributed by atoms with E-state index in [1.54, 1.807) is 32.0 Å². The van der Waals surface area contributed by atoms with Gasteiger partial charge in [0.05, 0.1) is 19.8 Å². The average Bonchev–Trinajstić information content (AvgIpc) is 2.37. The van der Waals surface area contributed by atoms with Crippen molar-refractivity contribution in [2.24, 2.45) is 11.8 Å². The van der Waals surface area contributed by atoms with Gasteiger partial charge in [-0.1, -0.05) is 25.4 Å². The van der Waals surface area contributed by atoms with Gasteiger partial charge < -0.3 is 9.47 Å². The SMILES string of the molecule is COC(=O)C(C(=O)c1ccc(Cl)cc1OC)C(C)C. The van der Waals surface area contributed by atoms with Crippen LogP contribution in [0.4, 0.5) is 0 Å². The maximum atomic E-state index is 12.5. The molecule has 0 aliphatic heterocycles. The zero-order valence-corrected chi connectivity index (χ0v) is 12.2. The van der Waals surface area contributed by atoms with E-state index in [0.717, 1.165) is 0 Å². The van der Waals surface area contributed by atoms with E-state index >= 15 is 0 Å². The fourth-order valence-corrected chi connectivity index (χ4v) is 2.01. The van der Waals surface area contributed by atoms with Crippen molar-refractivity contribution in [3.63, 3.8) is 0 Å². The van der Waals surface area contributed by atoms with Gasteiger partial charge >= 0.3 is 5.97 Å². The highest BCUT2D eigenvalue weighted by Crippen LogP contribution is 2.28. The van der Waals surface area contributed by atoms with Crippen LogP contribution < -0.4 is 4.74 Å². The van der Waals surface area contributed by atoms with Gasteiger partial charge in [-0.3, -0.25) is 9.59 Å². The van der Waals surface area contributed by atoms with Crippen molar-refractivity contribution in [3.8, 4) is 5.75 Å². The molecule has 19 heavy (non-hydrogen) atoms. The van der Waals surface area contributed by atoms with Crippen LogP contribution in [-0.2, 0) is 9.53 Å². The summed E-state index contributed by atoms with van der Waals surface area (Å²) in [6.45, 7) is 3.59. The molecule has 0 saturated carbocycles. The Morgan fingerprint density at radius 1 is 1.21 bits per heavy atom. The molecule has 1 aromatic rings. The highest BCUT2D eigenvalue weighted by molar-refractivity contribution is 6.31. The third-order valence-corrected chi connectivity index (χ3v) is 3.07. The Morgan fingerprint density at radius 3 is 2.32 bits per heavy atom. The van der Waals surface area contributed by atoms with E-state index in [9.17, 15) is 9.59 Å². The van der Waals surface area contributed by atoms with E-state index < -0.39 is 11.9 Å². The van der Waals surface area contributed by atoms with Gasteiger partial charge in [0.2, 0.25) is 0 Å². The molecule has 0 aliphatic carbocycles. The van der Waals surface area contributed by atoms with Gasteiger partial charge in [-0.2, -0.15) is 0 Å². The van der Waals surface area contributed by atoms with Crippen LogP contribution in [0.25, 0.3) is 0 Å². The van der Waals surface area contributed by atoms with Crippen LogP contribution in [0, 0.1) is 11.8 Å². The Bertz CT molecular complexity index is 482. The molecule has 0 aromatic heterocycles. The zero-order valence-electron chi connectivity index (χ0n) is 11.4. The third kappa shape index (κ3) is 3.47. The summed E-state index contributed by atoms with van der Waals surface area (Å²) in [6, 6.07) is 4.69. The number of halogens is 1. The minimum atomic E-state index is -0.847. The molecule has 0 radical (unpaired) electrons. The van der Waals surface area contributed by atoms with Crippen LogP contribution in [0.3, 0.4) is 0 Å². The largest absolute Gasteiger partial charge is 0.496 e. The highest BCUT2D eigenvalue weighted by Gasteiger charge is 2.33. The molecule has 1 rings (SSSR count). The van der Waals surface area contributed by atoms with Gasteiger partial charge in [-0.05, 0) is 24.1 Å². The Morgan fingerprint density at radius 2 is 1.84 bits per heavy atom. The van der Waals surface area contributed by atoms with Crippen molar-refractivity contribution < 1.29 is 19.1 Å².